The van der Waals surface area contributed by atoms with Crippen LogP contribution in [-0.4, -0.2) is 4.98 Å². The van der Waals surface area contributed by atoms with Crippen molar-refractivity contribution < 1.29 is 0 Å². The quantitative estimate of drug-likeness (QED) is 0.595. The third-order valence-corrected chi connectivity index (χ3v) is 3.57. The summed E-state index contributed by atoms with van der Waals surface area (Å²) in [5.74, 6) is 0. The molecule has 1 heterocycles. The molecule has 1 nitrogen and oxygen atoms in total. The topological polar surface area (TPSA) is 12.9 Å². The minimum atomic E-state index is 0.738. The largest absolute Gasteiger partial charge is 0.256 e. The van der Waals surface area contributed by atoms with E-state index in [0.29, 0.717) is 0 Å². The van der Waals surface area contributed by atoms with Crippen molar-refractivity contribution in [2.45, 2.75) is 0 Å². The molecular formula is C19H14ClN. The van der Waals surface area contributed by atoms with Gasteiger partial charge in [-0.05, 0) is 35.4 Å². The second-order valence-electron chi connectivity index (χ2n) is 4.66. The molecule has 3 rings (SSSR count). The second-order valence-corrected chi connectivity index (χ2v) is 5.07. The van der Waals surface area contributed by atoms with E-state index in [4.69, 9.17) is 11.6 Å². The zero-order valence-corrected chi connectivity index (χ0v) is 12.2. The zero-order chi connectivity index (χ0) is 14.5. The highest BCUT2D eigenvalue weighted by Crippen LogP contribution is 2.27. The molecule has 0 spiro atoms. The van der Waals surface area contributed by atoms with E-state index in [-0.39, 0.29) is 0 Å². The predicted molar refractivity (Wildman–Crippen MR) is 89.1 cm³/mol. The third-order valence-electron chi connectivity index (χ3n) is 3.23. The molecule has 0 N–H and O–H groups in total. The van der Waals surface area contributed by atoms with Gasteiger partial charge in [-0.25, -0.2) is 0 Å². The van der Waals surface area contributed by atoms with E-state index in [9.17, 15) is 0 Å². The van der Waals surface area contributed by atoms with Crippen molar-refractivity contribution >= 4 is 23.3 Å². The summed E-state index contributed by atoms with van der Waals surface area (Å²) in [7, 11) is 0. The van der Waals surface area contributed by atoms with Gasteiger partial charge < -0.3 is 0 Å². The van der Waals surface area contributed by atoms with E-state index in [2.05, 4.69) is 23.2 Å². The fourth-order valence-electron chi connectivity index (χ4n) is 2.19. The molecule has 0 aliphatic rings. The smallest absolute Gasteiger partial charge is 0.0708 e. The first-order valence-electron chi connectivity index (χ1n) is 6.77. The molecule has 0 atom stereocenters. The molecule has 0 saturated carbocycles. The molecule has 0 saturated heterocycles. The van der Waals surface area contributed by atoms with Gasteiger partial charge in [-0.2, -0.15) is 0 Å². The van der Waals surface area contributed by atoms with E-state index >= 15 is 0 Å². The van der Waals surface area contributed by atoms with Gasteiger partial charge in [0, 0.05) is 16.8 Å². The number of aromatic nitrogens is 1. The Kier molecular flexibility index (Phi) is 4.13. The van der Waals surface area contributed by atoms with Crippen molar-refractivity contribution in [3.05, 3.63) is 101 Å². The molecule has 3 aromatic rings. The lowest BCUT2D eigenvalue weighted by molar-refractivity contribution is 1.28. The van der Waals surface area contributed by atoms with Crippen molar-refractivity contribution in [3.8, 4) is 0 Å². The van der Waals surface area contributed by atoms with Gasteiger partial charge in [0.15, 0.2) is 0 Å². The fourth-order valence-corrected chi connectivity index (χ4v) is 2.38. The Labute approximate surface area is 129 Å². The molecule has 0 radical (unpaired) electrons. The van der Waals surface area contributed by atoms with Crippen molar-refractivity contribution in [2.75, 3.05) is 0 Å². The Morgan fingerprint density at radius 2 is 1.52 bits per heavy atom. The summed E-state index contributed by atoms with van der Waals surface area (Å²) in [5.41, 5.74) is 4.10. The summed E-state index contributed by atoms with van der Waals surface area (Å²) in [5, 5.41) is 0.738. The molecule has 2 aromatic carbocycles. The first-order chi connectivity index (χ1) is 10.3. The molecule has 0 aliphatic carbocycles. The number of halogens is 1. The van der Waals surface area contributed by atoms with Gasteiger partial charge >= 0.3 is 0 Å². The monoisotopic (exact) mass is 291 g/mol. The van der Waals surface area contributed by atoms with Crippen molar-refractivity contribution in [1.29, 1.82) is 0 Å². The van der Waals surface area contributed by atoms with Crippen LogP contribution in [0.15, 0.2) is 79.0 Å². The second kappa shape index (κ2) is 6.38. The molecule has 21 heavy (non-hydrogen) atoms. The van der Waals surface area contributed by atoms with Gasteiger partial charge in [0.1, 0.15) is 0 Å². The van der Waals surface area contributed by atoms with Crippen LogP contribution in [0.3, 0.4) is 0 Å². The summed E-state index contributed by atoms with van der Waals surface area (Å²) in [6.45, 7) is 0. The first-order valence-corrected chi connectivity index (χ1v) is 7.15. The van der Waals surface area contributed by atoms with Crippen LogP contribution in [0, 0.1) is 0 Å². The van der Waals surface area contributed by atoms with E-state index < -0.39 is 0 Å². The maximum absolute atomic E-state index is 6.28. The van der Waals surface area contributed by atoms with Crippen LogP contribution in [0.4, 0.5) is 0 Å². The Morgan fingerprint density at radius 3 is 2.24 bits per heavy atom. The summed E-state index contributed by atoms with van der Waals surface area (Å²) in [6.07, 6.45) is 3.89. The van der Waals surface area contributed by atoms with Gasteiger partial charge in [-0.1, -0.05) is 66.2 Å². The SMILES string of the molecule is Clc1ccccc1/C=C(/c1ccccc1)c1ccccn1. The summed E-state index contributed by atoms with van der Waals surface area (Å²) < 4.78 is 0. The van der Waals surface area contributed by atoms with Crippen LogP contribution < -0.4 is 0 Å². The average molecular weight is 292 g/mol. The molecule has 1 aromatic heterocycles. The number of rotatable bonds is 3. The van der Waals surface area contributed by atoms with E-state index in [1.807, 2.05) is 60.7 Å². The lowest BCUT2D eigenvalue weighted by Gasteiger charge is -2.08. The first kappa shape index (κ1) is 13.6. The number of hydrogen-bond donors (Lipinski definition) is 0. The van der Waals surface area contributed by atoms with Gasteiger partial charge in [0.05, 0.1) is 5.69 Å². The maximum atomic E-state index is 6.28. The normalized spacial score (nSPS) is 11.4. The van der Waals surface area contributed by atoms with Gasteiger partial charge in [0.2, 0.25) is 0 Å². The molecular weight excluding hydrogens is 278 g/mol. The fraction of sp³-hybridized carbons (Fsp3) is 0. The Bertz CT molecular complexity index is 707. The van der Waals surface area contributed by atoms with Gasteiger partial charge in [-0.15, -0.1) is 0 Å². The molecule has 0 fully saturated rings. The minimum absolute atomic E-state index is 0.738. The van der Waals surface area contributed by atoms with E-state index in [0.717, 1.165) is 27.4 Å². The number of nitrogens with zero attached hydrogens (tertiary/aromatic N) is 1. The van der Waals surface area contributed by atoms with Crippen LogP contribution in [0.2, 0.25) is 5.02 Å². The van der Waals surface area contributed by atoms with Crippen LogP contribution in [-0.2, 0) is 0 Å². The van der Waals surface area contributed by atoms with Crippen LogP contribution >= 0.6 is 11.6 Å². The standard InChI is InChI=1S/C19H14ClN/c20-18-11-5-4-10-16(18)14-17(15-8-2-1-3-9-15)19-12-6-7-13-21-19/h1-14H/b17-14-. The lowest BCUT2D eigenvalue weighted by Crippen LogP contribution is -1.91. The van der Waals surface area contributed by atoms with Gasteiger partial charge in [-0.3, -0.25) is 4.98 Å². The van der Waals surface area contributed by atoms with Crippen molar-refractivity contribution in [1.82, 2.24) is 4.98 Å². The Hall–Kier alpha value is -2.38. The lowest BCUT2D eigenvalue weighted by atomic mass is 9.99. The number of pyridine rings is 1. The molecule has 102 valence electrons. The Morgan fingerprint density at radius 1 is 0.810 bits per heavy atom. The summed E-state index contributed by atoms with van der Waals surface area (Å²) >= 11 is 6.28. The van der Waals surface area contributed by atoms with Crippen LogP contribution in [0.5, 0.6) is 0 Å². The molecule has 0 unspecified atom stereocenters. The number of benzene rings is 2. The minimum Gasteiger partial charge on any atom is -0.256 e. The maximum Gasteiger partial charge on any atom is 0.0708 e. The van der Waals surface area contributed by atoms with Gasteiger partial charge in [0.25, 0.3) is 0 Å². The average Bonchev–Trinajstić information content (AvgIpc) is 2.56. The van der Waals surface area contributed by atoms with Crippen LogP contribution in [0.1, 0.15) is 16.8 Å². The van der Waals surface area contributed by atoms with Crippen molar-refractivity contribution in [2.24, 2.45) is 0 Å². The van der Waals surface area contributed by atoms with E-state index in [1.54, 1.807) is 6.20 Å². The summed E-state index contributed by atoms with van der Waals surface area (Å²) in [6, 6.07) is 24.0. The molecule has 0 bridgehead atoms. The van der Waals surface area contributed by atoms with Crippen molar-refractivity contribution in [3.63, 3.8) is 0 Å². The van der Waals surface area contributed by atoms with E-state index in [1.165, 1.54) is 0 Å². The third kappa shape index (κ3) is 3.21. The molecule has 0 amide bonds. The van der Waals surface area contributed by atoms with Crippen LogP contribution in [0.25, 0.3) is 11.6 Å². The Balaban J connectivity index is 2.16. The highest BCUT2D eigenvalue weighted by molar-refractivity contribution is 6.32. The summed E-state index contributed by atoms with van der Waals surface area (Å²) in [4.78, 5) is 4.47. The molecule has 2 heteroatoms. The highest BCUT2D eigenvalue weighted by Gasteiger charge is 2.07. The zero-order valence-electron chi connectivity index (χ0n) is 11.4. The molecule has 0 aliphatic heterocycles. The highest BCUT2D eigenvalue weighted by atomic mass is 35.5. The number of hydrogen-bond acceptors (Lipinski definition) is 1. The predicted octanol–water partition coefficient (Wildman–Crippen LogP) is 5.32.